The van der Waals surface area contributed by atoms with Crippen molar-refractivity contribution in [2.24, 2.45) is 5.92 Å². The van der Waals surface area contributed by atoms with E-state index in [9.17, 15) is 19.4 Å². The molecule has 1 aliphatic rings. The highest BCUT2D eigenvalue weighted by Gasteiger charge is 2.31. The summed E-state index contributed by atoms with van der Waals surface area (Å²) in [4.78, 5) is 13.3. The molecule has 0 saturated heterocycles. The van der Waals surface area contributed by atoms with Crippen molar-refractivity contribution in [1.29, 1.82) is 0 Å². The van der Waals surface area contributed by atoms with Crippen LogP contribution >= 0.6 is 11.6 Å². The first kappa shape index (κ1) is 21.9. The Hall–Kier alpha value is -2.77. The van der Waals surface area contributed by atoms with Crippen molar-refractivity contribution < 1.29 is 28.9 Å². The number of benzene rings is 2. The van der Waals surface area contributed by atoms with E-state index in [0.717, 1.165) is 0 Å². The Labute approximate surface area is 179 Å². The Kier molecular flexibility index (Phi) is 6.53. The van der Waals surface area contributed by atoms with Crippen LogP contribution in [-0.2, 0) is 11.2 Å². The number of carbonyl (C=O) groups is 1. The lowest BCUT2D eigenvalue weighted by Crippen LogP contribution is -2.40. The summed E-state index contributed by atoms with van der Waals surface area (Å²) < 4.78 is 25.5. The quantitative estimate of drug-likeness (QED) is 0.678. The number of carboxylic acid groups (broad SMARTS) is 1. The lowest BCUT2D eigenvalue weighted by atomic mass is 9.99. The van der Waals surface area contributed by atoms with Crippen LogP contribution in [0.1, 0.15) is 25.0 Å². The van der Waals surface area contributed by atoms with Gasteiger partial charge in [0, 0.05) is 18.1 Å². The number of aliphatic hydroxyl groups is 1. The Bertz CT molecular complexity index is 992. The van der Waals surface area contributed by atoms with Gasteiger partial charge >= 0.3 is 5.97 Å². The fourth-order valence-electron chi connectivity index (χ4n) is 3.43. The summed E-state index contributed by atoms with van der Waals surface area (Å²) in [6.07, 6.45) is 1.53. The van der Waals surface area contributed by atoms with Gasteiger partial charge in [-0.05, 0) is 23.6 Å². The number of nitrogens with zero attached hydrogens (tertiary/aromatic N) is 1. The molecule has 0 bridgehead atoms. The molecule has 160 valence electrons. The molecule has 2 N–H and O–H groups in total. The van der Waals surface area contributed by atoms with Gasteiger partial charge in [0.1, 0.15) is 11.6 Å². The van der Waals surface area contributed by atoms with E-state index < -0.39 is 11.8 Å². The van der Waals surface area contributed by atoms with E-state index >= 15 is 0 Å². The van der Waals surface area contributed by atoms with Crippen LogP contribution in [0.2, 0.25) is 5.02 Å². The van der Waals surface area contributed by atoms with Crippen LogP contribution in [0.15, 0.2) is 42.3 Å². The fourth-order valence-corrected chi connectivity index (χ4v) is 3.62. The minimum atomic E-state index is -1.23. The zero-order valence-corrected chi connectivity index (χ0v) is 17.6. The van der Waals surface area contributed by atoms with Gasteiger partial charge in [-0.2, -0.15) is 0 Å². The molecule has 6 nitrogen and oxygen atoms in total. The molecule has 2 aromatic carbocycles. The number of ether oxygens (including phenoxy) is 2. The van der Waals surface area contributed by atoms with Crippen molar-refractivity contribution in [3.63, 3.8) is 0 Å². The largest absolute Gasteiger partial charge is 0.496 e. The van der Waals surface area contributed by atoms with E-state index in [0.29, 0.717) is 22.6 Å². The molecule has 1 aliphatic heterocycles. The second kappa shape index (κ2) is 8.93. The molecule has 8 heteroatoms. The first-order chi connectivity index (χ1) is 14.3. The molecule has 3 rings (SSSR count). The van der Waals surface area contributed by atoms with E-state index in [4.69, 9.17) is 21.1 Å². The second-order valence-electron chi connectivity index (χ2n) is 7.32. The fraction of sp³-hybridized carbons (Fsp3) is 0.318. The third-order valence-corrected chi connectivity index (χ3v) is 5.35. The van der Waals surface area contributed by atoms with Gasteiger partial charge in [0.2, 0.25) is 5.76 Å². The molecule has 0 unspecified atom stereocenters. The lowest BCUT2D eigenvalue weighted by molar-refractivity contribution is -0.135. The average Bonchev–Trinajstić information content (AvgIpc) is 2.70. The SMILES string of the molecule is COc1cc2c(cc1Cc1cccc(Cl)c1F)OC(C(=O)O)=CN2[C@H](CO)C(C)C. The first-order valence-corrected chi connectivity index (χ1v) is 9.80. The molecule has 0 aliphatic carbocycles. The van der Waals surface area contributed by atoms with Crippen LogP contribution in [-0.4, -0.2) is 35.9 Å². The molecule has 0 saturated carbocycles. The minimum Gasteiger partial charge on any atom is -0.496 e. The zero-order chi connectivity index (χ0) is 22.0. The number of halogens is 2. The molecule has 0 aromatic heterocycles. The average molecular weight is 436 g/mol. The summed E-state index contributed by atoms with van der Waals surface area (Å²) >= 11 is 5.89. The minimum absolute atomic E-state index is 0.0191. The maximum absolute atomic E-state index is 14.4. The van der Waals surface area contributed by atoms with E-state index in [2.05, 4.69) is 0 Å². The summed E-state index contributed by atoms with van der Waals surface area (Å²) in [5.41, 5.74) is 1.53. The van der Waals surface area contributed by atoms with Gasteiger partial charge in [-0.3, -0.25) is 0 Å². The Balaban J connectivity index is 2.10. The third kappa shape index (κ3) is 4.22. The van der Waals surface area contributed by atoms with Crippen LogP contribution in [0.4, 0.5) is 10.1 Å². The van der Waals surface area contributed by atoms with Gasteiger partial charge < -0.3 is 24.6 Å². The van der Waals surface area contributed by atoms with Crippen LogP contribution in [0.3, 0.4) is 0 Å². The smallest absolute Gasteiger partial charge is 0.373 e. The molecular weight excluding hydrogens is 413 g/mol. The van der Waals surface area contributed by atoms with E-state index in [1.54, 1.807) is 29.2 Å². The molecule has 30 heavy (non-hydrogen) atoms. The van der Waals surface area contributed by atoms with Crippen molar-refractivity contribution >= 4 is 23.3 Å². The second-order valence-corrected chi connectivity index (χ2v) is 7.73. The number of methoxy groups -OCH3 is 1. The van der Waals surface area contributed by atoms with Crippen molar-refractivity contribution in [2.75, 3.05) is 18.6 Å². The number of anilines is 1. The number of fused-ring (bicyclic) bond motifs is 1. The summed E-state index contributed by atoms with van der Waals surface area (Å²) in [7, 11) is 1.50. The number of rotatable bonds is 7. The van der Waals surface area contributed by atoms with Crippen LogP contribution in [0.25, 0.3) is 0 Å². The zero-order valence-electron chi connectivity index (χ0n) is 16.9. The van der Waals surface area contributed by atoms with E-state index in [1.165, 1.54) is 19.4 Å². The molecule has 0 spiro atoms. The molecular formula is C22H23ClFNO5. The maximum Gasteiger partial charge on any atom is 0.373 e. The molecule has 0 radical (unpaired) electrons. The van der Waals surface area contributed by atoms with E-state index in [-0.39, 0.29) is 41.5 Å². The topological polar surface area (TPSA) is 79.2 Å². The van der Waals surface area contributed by atoms with Gasteiger partial charge in [0.05, 0.1) is 36.7 Å². The van der Waals surface area contributed by atoms with Crippen molar-refractivity contribution in [2.45, 2.75) is 26.3 Å². The predicted molar refractivity (Wildman–Crippen MR) is 112 cm³/mol. The van der Waals surface area contributed by atoms with E-state index in [1.807, 2.05) is 13.8 Å². The van der Waals surface area contributed by atoms with Gasteiger partial charge in [-0.1, -0.05) is 37.6 Å². The number of aliphatic hydroxyl groups excluding tert-OH is 1. The van der Waals surface area contributed by atoms with Gasteiger partial charge in [-0.15, -0.1) is 0 Å². The summed E-state index contributed by atoms with van der Waals surface area (Å²) in [6.45, 7) is 3.67. The van der Waals surface area contributed by atoms with Crippen LogP contribution < -0.4 is 14.4 Å². The highest BCUT2D eigenvalue weighted by Crippen LogP contribution is 2.42. The van der Waals surface area contributed by atoms with Gasteiger partial charge in [0.15, 0.2) is 5.75 Å². The van der Waals surface area contributed by atoms with Gasteiger partial charge in [-0.25, -0.2) is 9.18 Å². The molecule has 1 heterocycles. The molecule has 0 fully saturated rings. The number of carboxylic acids is 1. The Morgan fingerprint density at radius 3 is 2.63 bits per heavy atom. The van der Waals surface area contributed by atoms with Crippen molar-refractivity contribution in [1.82, 2.24) is 0 Å². The molecule has 0 amide bonds. The lowest BCUT2D eigenvalue weighted by Gasteiger charge is -2.36. The monoisotopic (exact) mass is 435 g/mol. The Morgan fingerprint density at radius 2 is 2.03 bits per heavy atom. The van der Waals surface area contributed by atoms with Gasteiger partial charge in [0.25, 0.3) is 0 Å². The van der Waals surface area contributed by atoms with Crippen LogP contribution in [0.5, 0.6) is 11.5 Å². The standard InChI is InChI=1S/C22H23ClFNO5/c1-12(2)17(11-26)25-10-20(22(27)28)30-19-8-14(18(29-3)9-16(19)25)7-13-5-4-6-15(23)21(13)24/h4-6,8-10,12,17,26H,7,11H2,1-3H3,(H,27,28)/t17-/m1/s1. The molecule has 2 aromatic rings. The normalized spacial score (nSPS) is 14.1. The summed E-state index contributed by atoms with van der Waals surface area (Å²) in [5, 5.41) is 19.4. The Morgan fingerprint density at radius 1 is 1.30 bits per heavy atom. The van der Waals surface area contributed by atoms with Crippen molar-refractivity contribution in [3.05, 3.63) is 64.3 Å². The number of hydrogen-bond acceptors (Lipinski definition) is 5. The first-order valence-electron chi connectivity index (χ1n) is 9.42. The number of aliphatic carboxylic acids is 1. The van der Waals surface area contributed by atoms with Crippen LogP contribution in [0, 0.1) is 11.7 Å². The molecule has 1 atom stereocenters. The summed E-state index contributed by atoms with van der Waals surface area (Å²) in [6, 6.07) is 7.71. The number of hydrogen-bond donors (Lipinski definition) is 2. The highest BCUT2D eigenvalue weighted by molar-refractivity contribution is 6.30. The predicted octanol–water partition coefficient (Wildman–Crippen LogP) is 4.22. The third-order valence-electron chi connectivity index (χ3n) is 5.05. The highest BCUT2D eigenvalue weighted by atomic mass is 35.5. The maximum atomic E-state index is 14.4. The summed E-state index contributed by atoms with van der Waals surface area (Å²) in [5.74, 6) is -1.23. The van der Waals surface area contributed by atoms with Crippen molar-refractivity contribution in [3.8, 4) is 11.5 Å².